The van der Waals surface area contributed by atoms with E-state index in [2.05, 4.69) is 26.2 Å². The third-order valence-electron chi connectivity index (χ3n) is 2.43. The smallest absolute Gasteiger partial charge is 0.131 e. The lowest BCUT2D eigenvalue weighted by molar-refractivity contribution is 0.627. The molecule has 0 saturated carbocycles. The maximum absolute atomic E-state index is 13.0. The molecule has 0 aliphatic carbocycles. The number of aromatic nitrogens is 1. The van der Waals surface area contributed by atoms with Gasteiger partial charge in [0.15, 0.2) is 0 Å². The molecule has 19 heavy (non-hydrogen) atoms. The van der Waals surface area contributed by atoms with Crippen LogP contribution in [0.5, 0.6) is 0 Å². The van der Waals surface area contributed by atoms with Gasteiger partial charge in [-0.1, -0.05) is 12.2 Å². The van der Waals surface area contributed by atoms with Crippen LogP contribution in [0.1, 0.15) is 11.3 Å². The van der Waals surface area contributed by atoms with Crippen molar-refractivity contribution in [2.45, 2.75) is 6.92 Å². The largest absolute Gasteiger partial charge is 0.389 e. The first-order valence-electron chi connectivity index (χ1n) is 5.46. The van der Waals surface area contributed by atoms with Crippen molar-refractivity contribution in [1.29, 1.82) is 0 Å². The van der Waals surface area contributed by atoms with Gasteiger partial charge in [-0.2, -0.15) is 0 Å². The molecule has 6 heteroatoms. The van der Waals surface area contributed by atoms with E-state index in [9.17, 15) is 4.39 Å². The molecule has 0 saturated heterocycles. The average molecular weight is 340 g/mol. The van der Waals surface area contributed by atoms with Crippen LogP contribution in [0.15, 0.2) is 34.8 Å². The van der Waals surface area contributed by atoms with Crippen molar-refractivity contribution in [3.8, 4) is 0 Å². The van der Waals surface area contributed by atoms with Crippen molar-refractivity contribution >= 4 is 44.6 Å². The first-order valence-corrected chi connectivity index (χ1v) is 6.66. The Morgan fingerprint density at radius 3 is 2.74 bits per heavy atom. The summed E-state index contributed by atoms with van der Waals surface area (Å²) in [6.07, 6.45) is 0. The molecule has 3 nitrogen and oxygen atoms in total. The lowest BCUT2D eigenvalue weighted by Crippen LogP contribution is -2.10. The highest BCUT2D eigenvalue weighted by atomic mass is 79.9. The fourth-order valence-corrected chi connectivity index (χ4v) is 2.17. The molecule has 0 spiro atoms. The Morgan fingerprint density at radius 1 is 1.37 bits per heavy atom. The van der Waals surface area contributed by atoms with Crippen LogP contribution in [0.3, 0.4) is 0 Å². The maximum Gasteiger partial charge on any atom is 0.131 e. The van der Waals surface area contributed by atoms with Crippen molar-refractivity contribution in [1.82, 2.24) is 4.98 Å². The zero-order chi connectivity index (χ0) is 14.0. The summed E-state index contributed by atoms with van der Waals surface area (Å²) in [5.74, 6) is 0.300. The molecule has 0 aliphatic rings. The molecule has 98 valence electrons. The second kappa shape index (κ2) is 5.63. The first-order chi connectivity index (χ1) is 8.95. The van der Waals surface area contributed by atoms with Crippen LogP contribution < -0.4 is 11.1 Å². The van der Waals surface area contributed by atoms with Crippen molar-refractivity contribution in [3.05, 3.63) is 51.9 Å². The summed E-state index contributed by atoms with van der Waals surface area (Å²) in [6.45, 7) is 1.85. The van der Waals surface area contributed by atoms with Gasteiger partial charge in [0.2, 0.25) is 0 Å². The third-order valence-corrected chi connectivity index (χ3v) is 3.32. The van der Waals surface area contributed by atoms with Gasteiger partial charge in [0.25, 0.3) is 0 Å². The van der Waals surface area contributed by atoms with Crippen LogP contribution in [0.2, 0.25) is 0 Å². The zero-order valence-electron chi connectivity index (χ0n) is 10.1. The predicted octanol–water partition coefficient (Wildman–Crippen LogP) is 3.67. The van der Waals surface area contributed by atoms with Gasteiger partial charge in [-0.25, -0.2) is 9.37 Å². The van der Waals surface area contributed by atoms with Crippen LogP contribution in [0.25, 0.3) is 0 Å². The fraction of sp³-hybridized carbons (Fsp3) is 0.0769. The Hall–Kier alpha value is -1.53. The van der Waals surface area contributed by atoms with E-state index in [1.807, 2.05) is 13.0 Å². The lowest BCUT2D eigenvalue weighted by atomic mass is 10.2. The standard InChI is InChI=1S/C13H11BrFN3S/c1-7-4-8(13(16)19)5-12(17-7)18-11-3-2-9(15)6-10(11)14/h2-6H,1H3,(H2,16,19)(H,17,18). The molecule has 2 rings (SSSR count). The molecule has 1 aromatic carbocycles. The number of hydrogen-bond acceptors (Lipinski definition) is 3. The number of anilines is 2. The summed E-state index contributed by atoms with van der Waals surface area (Å²) in [6, 6.07) is 7.95. The quantitative estimate of drug-likeness (QED) is 0.837. The van der Waals surface area contributed by atoms with E-state index in [1.165, 1.54) is 12.1 Å². The Morgan fingerprint density at radius 2 is 2.11 bits per heavy atom. The van der Waals surface area contributed by atoms with E-state index in [0.717, 1.165) is 11.3 Å². The monoisotopic (exact) mass is 339 g/mol. The molecule has 3 N–H and O–H groups in total. The summed E-state index contributed by atoms with van der Waals surface area (Å²) in [7, 11) is 0. The minimum absolute atomic E-state index is 0.307. The van der Waals surface area contributed by atoms with Gasteiger partial charge in [-0.3, -0.25) is 0 Å². The van der Waals surface area contributed by atoms with Gasteiger partial charge in [-0.15, -0.1) is 0 Å². The first kappa shape index (κ1) is 13.9. The van der Waals surface area contributed by atoms with Crippen LogP contribution >= 0.6 is 28.1 Å². The van der Waals surface area contributed by atoms with Crippen molar-refractivity contribution in [2.75, 3.05) is 5.32 Å². The molecule has 0 atom stereocenters. The molecular weight excluding hydrogens is 329 g/mol. The van der Waals surface area contributed by atoms with Crippen LogP contribution in [-0.4, -0.2) is 9.97 Å². The van der Waals surface area contributed by atoms with E-state index in [0.29, 0.717) is 21.0 Å². The predicted molar refractivity (Wildman–Crippen MR) is 82.2 cm³/mol. The highest BCUT2D eigenvalue weighted by Crippen LogP contribution is 2.26. The molecule has 1 heterocycles. The summed E-state index contributed by atoms with van der Waals surface area (Å²) >= 11 is 8.24. The number of nitrogens with one attached hydrogen (secondary N) is 1. The van der Waals surface area contributed by atoms with Crippen molar-refractivity contribution in [3.63, 3.8) is 0 Å². The summed E-state index contributed by atoms with van der Waals surface area (Å²) in [5, 5.41) is 3.10. The molecule has 2 aromatic rings. The summed E-state index contributed by atoms with van der Waals surface area (Å²) in [5.41, 5.74) is 7.86. The van der Waals surface area contributed by atoms with Gasteiger partial charge in [-0.05, 0) is 53.2 Å². The number of pyridine rings is 1. The van der Waals surface area contributed by atoms with Gasteiger partial charge >= 0.3 is 0 Å². The topological polar surface area (TPSA) is 50.9 Å². The zero-order valence-corrected chi connectivity index (χ0v) is 12.5. The molecule has 0 unspecified atom stereocenters. The molecule has 1 aromatic heterocycles. The Kier molecular flexibility index (Phi) is 4.11. The van der Waals surface area contributed by atoms with E-state index in [-0.39, 0.29) is 5.82 Å². The highest BCUT2D eigenvalue weighted by Gasteiger charge is 2.06. The van der Waals surface area contributed by atoms with Gasteiger partial charge in [0.05, 0.1) is 5.69 Å². The third kappa shape index (κ3) is 3.48. The number of nitrogens with zero attached hydrogens (tertiary/aromatic N) is 1. The fourth-order valence-electron chi connectivity index (χ4n) is 1.60. The number of benzene rings is 1. The number of nitrogens with two attached hydrogens (primary N) is 1. The van der Waals surface area contributed by atoms with Crippen molar-refractivity contribution in [2.24, 2.45) is 5.73 Å². The normalized spacial score (nSPS) is 10.3. The van der Waals surface area contributed by atoms with E-state index >= 15 is 0 Å². The number of aryl methyl sites for hydroxylation is 1. The maximum atomic E-state index is 13.0. The van der Waals surface area contributed by atoms with Gasteiger partial charge in [0, 0.05) is 15.7 Å². The molecule has 0 fully saturated rings. The van der Waals surface area contributed by atoms with Crippen LogP contribution in [-0.2, 0) is 0 Å². The number of rotatable bonds is 3. The number of hydrogen-bond donors (Lipinski definition) is 2. The number of thiocarbonyl (C=S) groups is 1. The molecule has 0 amide bonds. The summed E-state index contributed by atoms with van der Waals surface area (Å²) < 4.78 is 13.6. The Labute approximate surface area is 124 Å². The lowest BCUT2D eigenvalue weighted by Gasteiger charge is -2.10. The van der Waals surface area contributed by atoms with E-state index in [4.69, 9.17) is 18.0 Å². The van der Waals surface area contributed by atoms with Crippen molar-refractivity contribution < 1.29 is 4.39 Å². The Bertz CT molecular complexity index is 646. The Balaban J connectivity index is 2.35. The highest BCUT2D eigenvalue weighted by molar-refractivity contribution is 9.10. The average Bonchev–Trinajstić information content (AvgIpc) is 2.32. The molecular formula is C13H11BrFN3S. The molecule has 0 radical (unpaired) electrons. The SMILES string of the molecule is Cc1cc(C(N)=S)cc(Nc2ccc(F)cc2Br)n1. The minimum Gasteiger partial charge on any atom is -0.389 e. The van der Waals surface area contributed by atoms with E-state index < -0.39 is 0 Å². The van der Waals surface area contributed by atoms with Crippen LogP contribution in [0, 0.1) is 12.7 Å². The number of halogens is 2. The second-order valence-electron chi connectivity index (χ2n) is 4.00. The van der Waals surface area contributed by atoms with Crippen LogP contribution in [0.4, 0.5) is 15.9 Å². The summed E-state index contributed by atoms with van der Waals surface area (Å²) in [4.78, 5) is 4.65. The molecule has 0 aliphatic heterocycles. The second-order valence-corrected chi connectivity index (χ2v) is 5.29. The molecule has 0 bridgehead atoms. The van der Waals surface area contributed by atoms with E-state index in [1.54, 1.807) is 12.1 Å². The van der Waals surface area contributed by atoms with Gasteiger partial charge in [0.1, 0.15) is 16.6 Å². The minimum atomic E-state index is -0.307. The van der Waals surface area contributed by atoms with Gasteiger partial charge < -0.3 is 11.1 Å².